The van der Waals surface area contributed by atoms with Gasteiger partial charge >= 0.3 is 0 Å². The summed E-state index contributed by atoms with van der Waals surface area (Å²) in [6, 6.07) is 3.48. The number of ether oxygens (including phenoxy) is 1. The molecule has 0 bridgehead atoms. The highest BCUT2D eigenvalue weighted by Gasteiger charge is 2.16. The fourth-order valence-electron chi connectivity index (χ4n) is 1.52. The molecular formula is C13H22N2O2. The summed E-state index contributed by atoms with van der Waals surface area (Å²) in [5.74, 6) is 0.203. The molecule has 0 saturated carbocycles. The van der Waals surface area contributed by atoms with Gasteiger partial charge in [0.2, 0.25) is 0 Å². The number of hydrogen-bond donors (Lipinski definition) is 2. The van der Waals surface area contributed by atoms with Crippen molar-refractivity contribution in [3.63, 3.8) is 0 Å². The topological polar surface area (TPSA) is 54.4 Å². The second kappa shape index (κ2) is 6.57. The Kier molecular flexibility index (Phi) is 5.38. The minimum absolute atomic E-state index is 0.203. The van der Waals surface area contributed by atoms with Crippen LogP contribution in [0.1, 0.15) is 26.0 Å². The highest BCUT2D eigenvalue weighted by Crippen LogP contribution is 2.18. The summed E-state index contributed by atoms with van der Waals surface area (Å²) in [5, 5.41) is 12.5. The predicted octanol–water partition coefficient (Wildman–Crippen LogP) is 1.94. The lowest BCUT2D eigenvalue weighted by Gasteiger charge is -2.24. The third-order valence-electron chi connectivity index (χ3n) is 2.70. The Labute approximate surface area is 103 Å². The summed E-state index contributed by atoms with van der Waals surface area (Å²) < 4.78 is 5.09. The van der Waals surface area contributed by atoms with E-state index in [9.17, 15) is 0 Å². The Morgan fingerprint density at radius 1 is 1.41 bits per heavy atom. The Morgan fingerprint density at radius 2 is 2.18 bits per heavy atom. The smallest absolute Gasteiger partial charge is 0.133 e. The Hall–Kier alpha value is -1.13. The molecule has 0 saturated heterocycles. The van der Waals surface area contributed by atoms with Crippen LogP contribution in [0.5, 0.6) is 5.75 Å². The fraction of sp³-hybridized carbons (Fsp3) is 0.615. The van der Waals surface area contributed by atoms with Crippen LogP contribution >= 0.6 is 0 Å². The molecule has 0 aliphatic rings. The van der Waals surface area contributed by atoms with Crippen LogP contribution < -0.4 is 5.32 Å². The van der Waals surface area contributed by atoms with Crippen molar-refractivity contribution in [3.05, 3.63) is 24.0 Å². The van der Waals surface area contributed by atoms with E-state index in [1.54, 1.807) is 13.2 Å². The van der Waals surface area contributed by atoms with Gasteiger partial charge in [-0.25, -0.2) is 0 Å². The molecular weight excluding hydrogens is 216 g/mol. The van der Waals surface area contributed by atoms with Crippen LogP contribution in [0.15, 0.2) is 18.3 Å². The number of methoxy groups -OCH3 is 1. The van der Waals surface area contributed by atoms with E-state index in [0.717, 1.165) is 31.8 Å². The number of pyridine rings is 1. The predicted molar refractivity (Wildman–Crippen MR) is 67.9 cm³/mol. The van der Waals surface area contributed by atoms with Crippen molar-refractivity contribution in [3.8, 4) is 5.75 Å². The van der Waals surface area contributed by atoms with E-state index in [1.807, 2.05) is 6.07 Å². The molecule has 0 aromatic carbocycles. The third-order valence-corrected chi connectivity index (χ3v) is 2.70. The van der Waals surface area contributed by atoms with Gasteiger partial charge in [0.05, 0.1) is 11.9 Å². The summed E-state index contributed by atoms with van der Waals surface area (Å²) in [6.45, 7) is 6.84. The highest BCUT2D eigenvalue weighted by atomic mass is 16.5. The zero-order valence-corrected chi connectivity index (χ0v) is 10.9. The van der Waals surface area contributed by atoms with Crippen molar-refractivity contribution >= 4 is 0 Å². The summed E-state index contributed by atoms with van der Waals surface area (Å²) in [4.78, 5) is 4.12. The lowest BCUT2D eigenvalue weighted by molar-refractivity contribution is 0.150. The van der Waals surface area contributed by atoms with Gasteiger partial charge < -0.3 is 15.2 Å². The Bertz CT molecular complexity index is 323. The zero-order valence-electron chi connectivity index (χ0n) is 10.9. The Balaban J connectivity index is 2.29. The van der Waals surface area contributed by atoms with Crippen LogP contribution in [-0.2, 0) is 11.3 Å². The lowest BCUT2D eigenvalue weighted by atomic mass is 9.90. The largest absolute Gasteiger partial charge is 0.506 e. The van der Waals surface area contributed by atoms with Crippen molar-refractivity contribution < 1.29 is 9.84 Å². The van der Waals surface area contributed by atoms with Gasteiger partial charge in [-0.3, -0.25) is 4.98 Å². The molecule has 4 heteroatoms. The maximum atomic E-state index is 9.11. The molecule has 0 amide bonds. The van der Waals surface area contributed by atoms with Crippen molar-refractivity contribution in [1.82, 2.24) is 10.3 Å². The van der Waals surface area contributed by atoms with Crippen molar-refractivity contribution in [1.29, 1.82) is 0 Å². The van der Waals surface area contributed by atoms with Crippen molar-refractivity contribution in [2.24, 2.45) is 5.41 Å². The minimum atomic E-state index is 0.203. The average Bonchev–Trinajstić information content (AvgIpc) is 2.29. The van der Waals surface area contributed by atoms with Crippen LogP contribution in [0.4, 0.5) is 0 Å². The van der Waals surface area contributed by atoms with Gasteiger partial charge in [-0.1, -0.05) is 13.8 Å². The minimum Gasteiger partial charge on any atom is -0.506 e. The number of nitrogens with one attached hydrogen (secondary N) is 1. The van der Waals surface area contributed by atoms with E-state index in [-0.39, 0.29) is 11.2 Å². The van der Waals surface area contributed by atoms with Gasteiger partial charge in [0.15, 0.2) is 0 Å². The van der Waals surface area contributed by atoms with Crippen molar-refractivity contribution in [2.45, 2.75) is 26.8 Å². The molecule has 1 heterocycles. The van der Waals surface area contributed by atoms with E-state index in [0.29, 0.717) is 0 Å². The maximum absolute atomic E-state index is 9.11. The first kappa shape index (κ1) is 13.9. The maximum Gasteiger partial charge on any atom is 0.133 e. The molecule has 0 aliphatic heterocycles. The standard InChI is InChI=1S/C13H22N2O2/c1-13(2,6-7-17-3)10-14-8-11-4-5-12(16)9-15-11/h4-5,9,14,16H,6-8,10H2,1-3H3. The number of aromatic hydroxyl groups is 1. The molecule has 0 atom stereocenters. The van der Waals surface area contributed by atoms with E-state index in [4.69, 9.17) is 9.84 Å². The van der Waals surface area contributed by atoms with Crippen LogP contribution in [0.25, 0.3) is 0 Å². The van der Waals surface area contributed by atoms with E-state index >= 15 is 0 Å². The summed E-state index contributed by atoms with van der Waals surface area (Å²) in [5.41, 5.74) is 1.15. The molecule has 4 nitrogen and oxygen atoms in total. The van der Waals surface area contributed by atoms with Gasteiger partial charge in [0.1, 0.15) is 5.75 Å². The molecule has 1 aromatic heterocycles. The lowest BCUT2D eigenvalue weighted by Crippen LogP contribution is -2.30. The van der Waals surface area contributed by atoms with Crippen LogP contribution in [0.2, 0.25) is 0 Å². The summed E-state index contributed by atoms with van der Waals surface area (Å²) >= 11 is 0. The third kappa shape index (κ3) is 5.65. The van der Waals surface area contributed by atoms with Crippen LogP contribution in [0.3, 0.4) is 0 Å². The second-order valence-electron chi connectivity index (χ2n) is 5.02. The van der Waals surface area contributed by atoms with Gasteiger partial charge in [0, 0.05) is 26.8 Å². The quantitative estimate of drug-likeness (QED) is 0.762. The molecule has 0 unspecified atom stereocenters. The van der Waals surface area contributed by atoms with E-state index in [2.05, 4.69) is 24.1 Å². The second-order valence-corrected chi connectivity index (χ2v) is 5.02. The first-order valence-corrected chi connectivity index (χ1v) is 5.87. The molecule has 1 rings (SSSR count). The van der Waals surface area contributed by atoms with Gasteiger partial charge in [0.25, 0.3) is 0 Å². The van der Waals surface area contributed by atoms with E-state index in [1.165, 1.54) is 6.20 Å². The number of hydrogen-bond acceptors (Lipinski definition) is 4. The summed E-state index contributed by atoms with van der Waals surface area (Å²) in [7, 11) is 1.73. The number of rotatable bonds is 7. The first-order chi connectivity index (χ1) is 8.03. The molecule has 96 valence electrons. The normalized spacial score (nSPS) is 11.7. The molecule has 0 spiro atoms. The summed E-state index contributed by atoms with van der Waals surface area (Å²) in [6.07, 6.45) is 2.49. The molecule has 1 aromatic rings. The first-order valence-electron chi connectivity index (χ1n) is 5.87. The number of nitrogens with zero attached hydrogens (tertiary/aromatic N) is 1. The van der Waals surface area contributed by atoms with Gasteiger partial charge in [-0.05, 0) is 24.0 Å². The highest BCUT2D eigenvalue weighted by molar-refractivity contribution is 5.17. The number of aromatic nitrogens is 1. The molecule has 2 N–H and O–H groups in total. The SMILES string of the molecule is COCCC(C)(C)CNCc1ccc(O)cn1. The van der Waals surface area contributed by atoms with Gasteiger partial charge in [-0.15, -0.1) is 0 Å². The van der Waals surface area contributed by atoms with Crippen molar-refractivity contribution in [2.75, 3.05) is 20.3 Å². The zero-order chi connectivity index (χ0) is 12.7. The fourth-order valence-corrected chi connectivity index (χ4v) is 1.52. The average molecular weight is 238 g/mol. The molecule has 17 heavy (non-hydrogen) atoms. The van der Waals surface area contributed by atoms with Crippen LogP contribution in [-0.4, -0.2) is 30.4 Å². The van der Waals surface area contributed by atoms with Gasteiger partial charge in [-0.2, -0.15) is 0 Å². The van der Waals surface area contributed by atoms with Crippen LogP contribution in [0, 0.1) is 5.41 Å². The molecule has 0 fully saturated rings. The van der Waals surface area contributed by atoms with E-state index < -0.39 is 0 Å². The Morgan fingerprint density at radius 3 is 2.76 bits per heavy atom. The molecule has 0 radical (unpaired) electrons. The molecule has 0 aliphatic carbocycles. The monoisotopic (exact) mass is 238 g/mol.